The predicted molar refractivity (Wildman–Crippen MR) is 59.7 cm³/mol. The van der Waals surface area contributed by atoms with Crippen molar-refractivity contribution in [2.75, 3.05) is 0 Å². The van der Waals surface area contributed by atoms with Crippen molar-refractivity contribution in [3.63, 3.8) is 0 Å². The molecule has 0 bridgehead atoms. The third kappa shape index (κ3) is 1.89. The number of rotatable bonds is 2. The predicted octanol–water partition coefficient (Wildman–Crippen LogP) is 2.54. The quantitative estimate of drug-likeness (QED) is 0.593. The minimum Gasteiger partial charge on any atom is -0.303 e. The van der Waals surface area contributed by atoms with Crippen molar-refractivity contribution in [1.29, 1.82) is 0 Å². The molecule has 0 spiro atoms. The minimum absolute atomic E-state index is 0.524. The molecular formula is C11H10FN3O2. The summed E-state index contributed by atoms with van der Waals surface area (Å²) < 4.78 is 14.9. The van der Waals surface area contributed by atoms with Crippen molar-refractivity contribution in [3.8, 4) is 5.69 Å². The first-order valence-corrected chi connectivity index (χ1v) is 4.95. The maximum atomic E-state index is 13.2. The summed E-state index contributed by atoms with van der Waals surface area (Å²) >= 11 is 0. The number of imidazole rings is 1. The second-order valence-corrected chi connectivity index (χ2v) is 3.68. The van der Waals surface area contributed by atoms with Crippen LogP contribution in [0.3, 0.4) is 0 Å². The zero-order valence-electron chi connectivity index (χ0n) is 9.35. The first-order chi connectivity index (χ1) is 8.00. The van der Waals surface area contributed by atoms with E-state index in [-0.39, 0.29) is 0 Å². The Kier molecular flexibility index (Phi) is 2.63. The molecule has 0 radical (unpaired) electrons. The molecular weight excluding hydrogens is 225 g/mol. The van der Waals surface area contributed by atoms with Gasteiger partial charge in [-0.15, -0.1) is 0 Å². The number of nitro groups is 1. The molecule has 0 saturated heterocycles. The summed E-state index contributed by atoms with van der Waals surface area (Å²) in [5.74, 6) is -0.840. The summed E-state index contributed by atoms with van der Waals surface area (Å²) in [4.78, 5) is 14.0. The number of nitro benzene ring substituents is 1. The Labute approximate surface area is 96.7 Å². The van der Waals surface area contributed by atoms with E-state index >= 15 is 0 Å². The van der Waals surface area contributed by atoms with Gasteiger partial charge in [0.1, 0.15) is 0 Å². The smallest absolute Gasteiger partial charge is 0.303 e. The van der Waals surface area contributed by atoms with Gasteiger partial charge in [-0.25, -0.2) is 4.98 Å². The van der Waals surface area contributed by atoms with Gasteiger partial charge in [0.15, 0.2) is 0 Å². The molecule has 0 amide bonds. The summed E-state index contributed by atoms with van der Waals surface area (Å²) in [6, 6.07) is 3.77. The third-order valence-corrected chi connectivity index (χ3v) is 2.66. The number of halogens is 1. The number of aromatic nitrogens is 2. The zero-order chi connectivity index (χ0) is 12.6. The lowest BCUT2D eigenvalue weighted by Gasteiger charge is -2.05. The van der Waals surface area contributed by atoms with Crippen LogP contribution in [0.5, 0.6) is 0 Å². The Hall–Kier alpha value is -2.24. The lowest BCUT2D eigenvalue weighted by Crippen LogP contribution is -1.99. The van der Waals surface area contributed by atoms with Crippen LogP contribution in [0, 0.1) is 29.8 Å². The molecule has 1 aromatic heterocycles. The molecule has 0 aliphatic heterocycles. The second-order valence-electron chi connectivity index (χ2n) is 3.68. The standard InChI is InChI=1S/C11H10FN3O2/c1-7-8(2)14(6-13-7)9-3-4-10(12)11(5-9)15(16)17/h3-6H,1-2H3. The Morgan fingerprint density at radius 1 is 1.41 bits per heavy atom. The summed E-state index contributed by atoms with van der Waals surface area (Å²) in [7, 11) is 0. The first-order valence-electron chi connectivity index (χ1n) is 4.95. The van der Waals surface area contributed by atoms with Crippen LogP contribution in [0.25, 0.3) is 5.69 Å². The molecule has 5 nitrogen and oxygen atoms in total. The number of nitrogens with zero attached hydrogens (tertiary/aromatic N) is 3. The third-order valence-electron chi connectivity index (χ3n) is 2.66. The van der Waals surface area contributed by atoms with E-state index in [4.69, 9.17) is 0 Å². The summed E-state index contributed by atoms with van der Waals surface area (Å²) in [5.41, 5.74) is 1.69. The maximum absolute atomic E-state index is 13.2. The highest BCUT2D eigenvalue weighted by molar-refractivity contribution is 5.45. The second kappa shape index (κ2) is 3.97. The van der Waals surface area contributed by atoms with E-state index in [2.05, 4.69) is 4.98 Å². The Morgan fingerprint density at radius 3 is 2.65 bits per heavy atom. The van der Waals surface area contributed by atoms with Gasteiger partial charge in [0, 0.05) is 11.8 Å². The lowest BCUT2D eigenvalue weighted by molar-refractivity contribution is -0.387. The number of hydrogen-bond acceptors (Lipinski definition) is 3. The minimum atomic E-state index is -0.840. The molecule has 0 fully saturated rings. The first kappa shape index (κ1) is 11.3. The van der Waals surface area contributed by atoms with Crippen LogP contribution < -0.4 is 0 Å². The van der Waals surface area contributed by atoms with Gasteiger partial charge in [0.2, 0.25) is 5.82 Å². The van der Waals surface area contributed by atoms with E-state index in [1.54, 1.807) is 10.9 Å². The molecule has 0 aliphatic carbocycles. The maximum Gasteiger partial charge on any atom is 0.306 e. The molecule has 6 heteroatoms. The van der Waals surface area contributed by atoms with E-state index < -0.39 is 16.4 Å². The van der Waals surface area contributed by atoms with E-state index in [0.29, 0.717) is 5.69 Å². The van der Waals surface area contributed by atoms with Crippen molar-refractivity contribution in [1.82, 2.24) is 9.55 Å². The highest BCUT2D eigenvalue weighted by Gasteiger charge is 2.15. The van der Waals surface area contributed by atoms with Crippen LogP contribution >= 0.6 is 0 Å². The van der Waals surface area contributed by atoms with Crippen LogP contribution in [0.4, 0.5) is 10.1 Å². The van der Waals surface area contributed by atoms with Gasteiger partial charge in [-0.05, 0) is 26.0 Å². The summed E-state index contributed by atoms with van der Waals surface area (Å²) in [6.45, 7) is 3.68. The molecule has 0 unspecified atom stereocenters. The van der Waals surface area contributed by atoms with Gasteiger partial charge in [-0.1, -0.05) is 0 Å². The fourth-order valence-corrected chi connectivity index (χ4v) is 1.55. The van der Waals surface area contributed by atoms with Gasteiger partial charge in [-0.2, -0.15) is 4.39 Å². The molecule has 0 atom stereocenters. The van der Waals surface area contributed by atoms with E-state index in [9.17, 15) is 14.5 Å². The monoisotopic (exact) mass is 235 g/mol. The zero-order valence-corrected chi connectivity index (χ0v) is 9.35. The highest BCUT2D eigenvalue weighted by atomic mass is 19.1. The Bertz CT molecular complexity index is 592. The van der Waals surface area contributed by atoms with Gasteiger partial charge >= 0.3 is 5.69 Å². The van der Waals surface area contributed by atoms with Crippen molar-refractivity contribution in [3.05, 3.63) is 51.8 Å². The van der Waals surface area contributed by atoms with Gasteiger partial charge < -0.3 is 4.57 Å². The Balaban J connectivity index is 2.58. The lowest BCUT2D eigenvalue weighted by atomic mass is 10.2. The molecule has 1 heterocycles. The summed E-state index contributed by atoms with van der Waals surface area (Å²) in [6.07, 6.45) is 1.56. The number of benzene rings is 1. The van der Waals surface area contributed by atoms with Crippen molar-refractivity contribution < 1.29 is 9.31 Å². The van der Waals surface area contributed by atoms with Crippen LogP contribution in [0.15, 0.2) is 24.5 Å². The van der Waals surface area contributed by atoms with Crippen LogP contribution in [-0.4, -0.2) is 14.5 Å². The molecule has 88 valence electrons. The normalized spacial score (nSPS) is 10.5. The average molecular weight is 235 g/mol. The number of aryl methyl sites for hydroxylation is 1. The van der Waals surface area contributed by atoms with Crippen LogP contribution in [-0.2, 0) is 0 Å². The fourth-order valence-electron chi connectivity index (χ4n) is 1.55. The fraction of sp³-hybridized carbons (Fsp3) is 0.182. The van der Waals surface area contributed by atoms with E-state index in [0.717, 1.165) is 17.5 Å². The molecule has 2 aromatic rings. The molecule has 2 rings (SSSR count). The molecule has 17 heavy (non-hydrogen) atoms. The largest absolute Gasteiger partial charge is 0.306 e. The highest BCUT2D eigenvalue weighted by Crippen LogP contribution is 2.22. The van der Waals surface area contributed by atoms with E-state index in [1.165, 1.54) is 12.1 Å². The molecule has 0 aliphatic rings. The average Bonchev–Trinajstić information content (AvgIpc) is 2.60. The van der Waals surface area contributed by atoms with Crippen molar-refractivity contribution >= 4 is 5.69 Å². The molecule has 0 N–H and O–H groups in total. The van der Waals surface area contributed by atoms with Gasteiger partial charge in [-0.3, -0.25) is 10.1 Å². The molecule has 0 saturated carbocycles. The van der Waals surface area contributed by atoms with E-state index in [1.807, 2.05) is 13.8 Å². The van der Waals surface area contributed by atoms with Crippen LogP contribution in [0.2, 0.25) is 0 Å². The van der Waals surface area contributed by atoms with Crippen molar-refractivity contribution in [2.45, 2.75) is 13.8 Å². The Morgan fingerprint density at radius 2 is 2.12 bits per heavy atom. The van der Waals surface area contributed by atoms with Gasteiger partial charge in [0.25, 0.3) is 0 Å². The number of hydrogen-bond donors (Lipinski definition) is 0. The summed E-state index contributed by atoms with van der Waals surface area (Å²) in [5, 5.41) is 10.6. The molecule has 1 aromatic carbocycles. The van der Waals surface area contributed by atoms with Gasteiger partial charge in [0.05, 0.1) is 22.6 Å². The van der Waals surface area contributed by atoms with Crippen LogP contribution in [0.1, 0.15) is 11.4 Å². The van der Waals surface area contributed by atoms with Crippen molar-refractivity contribution in [2.24, 2.45) is 0 Å². The topological polar surface area (TPSA) is 61.0 Å². The SMILES string of the molecule is Cc1ncn(-c2ccc(F)c([N+](=O)[O-])c2)c1C.